The predicted molar refractivity (Wildman–Crippen MR) is 114 cm³/mol. The summed E-state index contributed by atoms with van der Waals surface area (Å²) in [5.74, 6) is -0.123. The standard InChI is InChI=1S/C21H31N3O4S/c1-22-9-4-7-18(22)16-24(11-13-28-3)21(26)17-23(10-6-12-27-2)20(25)15-19-8-5-14-29-19/h4-5,7-9,14H,6,10-13,15-17H2,1-3H3. The first-order valence-corrected chi connectivity index (χ1v) is 10.6. The van der Waals surface area contributed by atoms with E-state index in [1.54, 1.807) is 35.4 Å². The van der Waals surface area contributed by atoms with E-state index in [1.165, 1.54) is 0 Å². The Hall–Kier alpha value is -2.16. The second kappa shape index (κ2) is 12.4. The average molecular weight is 422 g/mol. The van der Waals surface area contributed by atoms with Crippen molar-refractivity contribution in [3.8, 4) is 0 Å². The Kier molecular flexibility index (Phi) is 9.90. The molecule has 0 unspecified atom stereocenters. The molecule has 0 spiro atoms. The van der Waals surface area contributed by atoms with Crippen molar-refractivity contribution in [1.82, 2.24) is 14.4 Å². The molecule has 29 heavy (non-hydrogen) atoms. The fourth-order valence-corrected chi connectivity index (χ4v) is 3.67. The highest BCUT2D eigenvalue weighted by molar-refractivity contribution is 7.10. The van der Waals surface area contributed by atoms with Gasteiger partial charge in [-0.05, 0) is 30.0 Å². The van der Waals surface area contributed by atoms with Gasteiger partial charge in [-0.15, -0.1) is 11.3 Å². The Labute approximate surface area is 176 Å². The van der Waals surface area contributed by atoms with Crippen molar-refractivity contribution in [3.05, 3.63) is 46.4 Å². The minimum absolute atomic E-state index is 0.0394. The van der Waals surface area contributed by atoms with Gasteiger partial charge in [0.15, 0.2) is 0 Å². The van der Waals surface area contributed by atoms with Crippen LogP contribution in [0.3, 0.4) is 0 Å². The highest BCUT2D eigenvalue weighted by atomic mass is 32.1. The van der Waals surface area contributed by atoms with Crippen molar-refractivity contribution in [1.29, 1.82) is 0 Å². The SMILES string of the molecule is COCCCN(CC(=O)N(CCOC)Cc1cccn1C)C(=O)Cc1cccs1. The van der Waals surface area contributed by atoms with E-state index in [4.69, 9.17) is 9.47 Å². The third-order valence-electron chi connectivity index (χ3n) is 4.68. The maximum absolute atomic E-state index is 13.1. The third-order valence-corrected chi connectivity index (χ3v) is 5.56. The lowest BCUT2D eigenvalue weighted by atomic mass is 10.2. The van der Waals surface area contributed by atoms with Crippen LogP contribution in [0.25, 0.3) is 0 Å². The van der Waals surface area contributed by atoms with Gasteiger partial charge in [-0.1, -0.05) is 6.07 Å². The van der Waals surface area contributed by atoms with Gasteiger partial charge in [0, 0.05) is 57.7 Å². The van der Waals surface area contributed by atoms with Gasteiger partial charge in [0.1, 0.15) is 0 Å². The zero-order valence-electron chi connectivity index (χ0n) is 17.5. The van der Waals surface area contributed by atoms with Crippen molar-refractivity contribution < 1.29 is 19.1 Å². The Bertz CT molecular complexity index is 745. The molecular formula is C21H31N3O4S. The molecule has 0 saturated heterocycles. The first-order chi connectivity index (χ1) is 14.0. The lowest BCUT2D eigenvalue weighted by Gasteiger charge is -2.28. The molecule has 0 aromatic carbocycles. The van der Waals surface area contributed by atoms with Crippen molar-refractivity contribution >= 4 is 23.2 Å². The molecule has 2 aromatic rings. The predicted octanol–water partition coefficient (Wildman–Crippen LogP) is 2.17. The number of methoxy groups -OCH3 is 2. The molecule has 0 aliphatic rings. The van der Waals surface area contributed by atoms with Gasteiger partial charge >= 0.3 is 0 Å². The smallest absolute Gasteiger partial charge is 0.242 e. The summed E-state index contributed by atoms with van der Waals surface area (Å²) >= 11 is 1.55. The minimum atomic E-state index is -0.0832. The third kappa shape index (κ3) is 7.64. The van der Waals surface area contributed by atoms with Crippen LogP contribution in [-0.4, -0.2) is 73.2 Å². The van der Waals surface area contributed by atoms with Gasteiger partial charge in [-0.25, -0.2) is 0 Å². The number of ether oxygens (including phenoxy) is 2. The monoisotopic (exact) mass is 421 g/mol. The number of rotatable bonds is 13. The zero-order valence-corrected chi connectivity index (χ0v) is 18.3. The molecule has 8 heteroatoms. The maximum Gasteiger partial charge on any atom is 0.242 e. The van der Waals surface area contributed by atoms with Crippen LogP contribution in [0.2, 0.25) is 0 Å². The minimum Gasteiger partial charge on any atom is -0.385 e. The Morgan fingerprint density at radius 3 is 2.45 bits per heavy atom. The molecule has 2 amide bonds. The van der Waals surface area contributed by atoms with E-state index < -0.39 is 0 Å². The van der Waals surface area contributed by atoms with E-state index >= 15 is 0 Å². The van der Waals surface area contributed by atoms with Crippen LogP contribution in [0, 0.1) is 0 Å². The van der Waals surface area contributed by atoms with Crippen molar-refractivity contribution in [2.75, 3.05) is 47.1 Å². The summed E-state index contributed by atoms with van der Waals surface area (Å²) in [6.45, 7) is 2.51. The molecule has 0 aliphatic carbocycles. The second-order valence-corrected chi connectivity index (χ2v) is 7.87. The highest BCUT2D eigenvalue weighted by Gasteiger charge is 2.22. The number of carbonyl (C=O) groups excluding carboxylic acids is 2. The molecule has 0 N–H and O–H groups in total. The Balaban J connectivity index is 2.06. The summed E-state index contributed by atoms with van der Waals surface area (Å²) in [4.78, 5) is 30.3. The van der Waals surface area contributed by atoms with Gasteiger partial charge in [0.2, 0.25) is 11.8 Å². The molecule has 0 aliphatic heterocycles. The number of amides is 2. The second-order valence-electron chi connectivity index (χ2n) is 6.84. The molecule has 2 heterocycles. The number of thiophene rings is 1. The van der Waals surface area contributed by atoms with E-state index in [-0.39, 0.29) is 18.4 Å². The normalized spacial score (nSPS) is 10.9. The first kappa shape index (κ1) is 23.1. The summed E-state index contributed by atoms with van der Waals surface area (Å²) in [6.07, 6.45) is 2.96. The maximum atomic E-state index is 13.1. The molecule has 2 rings (SSSR count). The molecule has 160 valence electrons. The summed E-state index contributed by atoms with van der Waals surface area (Å²) in [7, 11) is 5.21. The van der Waals surface area contributed by atoms with E-state index in [1.807, 2.05) is 47.5 Å². The summed E-state index contributed by atoms with van der Waals surface area (Å²) < 4.78 is 12.3. The van der Waals surface area contributed by atoms with Crippen LogP contribution in [0.15, 0.2) is 35.8 Å². The van der Waals surface area contributed by atoms with Gasteiger partial charge in [-0.2, -0.15) is 0 Å². The first-order valence-electron chi connectivity index (χ1n) is 9.71. The Morgan fingerprint density at radius 2 is 1.83 bits per heavy atom. The fourth-order valence-electron chi connectivity index (χ4n) is 2.98. The molecule has 7 nitrogen and oxygen atoms in total. The highest BCUT2D eigenvalue weighted by Crippen LogP contribution is 2.12. The van der Waals surface area contributed by atoms with Gasteiger partial charge in [0.25, 0.3) is 0 Å². The van der Waals surface area contributed by atoms with Gasteiger partial charge < -0.3 is 23.8 Å². The zero-order chi connectivity index (χ0) is 21.1. The number of hydrogen-bond acceptors (Lipinski definition) is 5. The van der Waals surface area contributed by atoms with Crippen LogP contribution in [0.4, 0.5) is 0 Å². The molecule has 0 radical (unpaired) electrons. The average Bonchev–Trinajstić information content (AvgIpc) is 3.36. The largest absolute Gasteiger partial charge is 0.385 e. The lowest BCUT2D eigenvalue weighted by Crippen LogP contribution is -2.44. The summed E-state index contributed by atoms with van der Waals surface area (Å²) in [5.41, 5.74) is 1.03. The van der Waals surface area contributed by atoms with E-state index in [2.05, 4.69) is 0 Å². The number of nitrogens with zero attached hydrogens (tertiary/aromatic N) is 3. The lowest BCUT2D eigenvalue weighted by molar-refractivity contribution is -0.141. The Morgan fingerprint density at radius 1 is 1.03 bits per heavy atom. The number of hydrogen-bond donors (Lipinski definition) is 0. The fraction of sp³-hybridized carbons (Fsp3) is 0.524. The van der Waals surface area contributed by atoms with Crippen molar-refractivity contribution in [2.24, 2.45) is 7.05 Å². The molecule has 0 saturated carbocycles. The van der Waals surface area contributed by atoms with E-state index in [0.717, 1.165) is 10.6 Å². The van der Waals surface area contributed by atoms with Gasteiger partial charge in [0.05, 0.1) is 26.1 Å². The molecule has 2 aromatic heterocycles. The quantitative estimate of drug-likeness (QED) is 0.465. The van der Waals surface area contributed by atoms with E-state index in [0.29, 0.717) is 45.7 Å². The number of carbonyl (C=O) groups is 2. The van der Waals surface area contributed by atoms with Crippen molar-refractivity contribution in [3.63, 3.8) is 0 Å². The molecular weight excluding hydrogens is 390 g/mol. The number of aryl methyl sites for hydroxylation is 1. The topological polar surface area (TPSA) is 64.0 Å². The van der Waals surface area contributed by atoms with Crippen LogP contribution < -0.4 is 0 Å². The molecule has 0 atom stereocenters. The number of aromatic nitrogens is 1. The van der Waals surface area contributed by atoms with E-state index in [9.17, 15) is 9.59 Å². The van der Waals surface area contributed by atoms with Crippen LogP contribution in [0.1, 0.15) is 17.0 Å². The summed E-state index contributed by atoms with van der Waals surface area (Å²) in [6, 6.07) is 7.82. The van der Waals surface area contributed by atoms with Gasteiger partial charge in [-0.3, -0.25) is 9.59 Å². The van der Waals surface area contributed by atoms with Crippen LogP contribution in [-0.2, 0) is 39.1 Å². The molecule has 0 bridgehead atoms. The summed E-state index contributed by atoms with van der Waals surface area (Å²) in [5, 5.41) is 1.95. The van der Waals surface area contributed by atoms with Crippen molar-refractivity contribution in [2.45, 2.75) is 19.4 Å². The van der Waals surface area contributed by atoms with Crippen LogP contribution in [0.5, 0.6) is 0 Å². The van der Waals surface area contributed by atoms with Crippen LogP contribution >= 0.6 is 11.3 Å². The molecule has 0 fully saturated rings.